The third-order valence-corrected chi connectivity index (χ3v) is 2.28. The SMILES string of the molecule is O=C(c1ccccc1F)C1CCN1. The van der Waals surface area contributed by atoms with Gasteiger partial charge < -0.3 is 5.32 Å². The minimum absolute atomic E-state index is 0.135. The molecule has 1 saturated heterocycles. The molecule has 1 unspecified atom stereocenters. The molecule has 1 aliphatic heterocycles. The molecule has 1 aliphatic rings. The number of hydrogen-bond acceptors (Lipinski definition) is 2. The zero-order chi connectivity index (χ0) is 9.26. The third kappa shape index (κ3) is 1.47. The summed E-state index contributed by atoms with van der Waals surface area (Å²) in [4.78, 5) is 11.5. The average Bonchev–Trinajstić information content (AvgIpc) is 2.01. The second-order valence-electron chi connectivity index (χ2n) is 3.14. The van der Waals surface area contributed by atoms with E-state index in [1.165, 1.54) is 12.1 Å². The standard InChI is InChI=1S/C10H10FNO/c11-8-4-2-1-3-7(8)10(13)9-5-6-12-9/h1-4,9,12H,5-6H2. The van der Waals surface area contributed by atoms with Crippen molar-refractivity contribution in [3.63, 3.8) is 0 Å². The number of rotatable bonds is 2. The van der Waals surface area contributed by atoms with E-state index in [0.29, 0.717) is 0 Å². The van der Waals surface area contributed by atoms with Gasteiger partial charge in [0.05, 0.1) is 11.6 Å². The first-order valence-corrected chi connectivity index (χ1v) is 4.31. The van der Waals surface area contributed by atoms with Crippen LogP contribution in [0.3, 0.4) is 0 Å². The predicted octanol–water partition coefficient (Wildman–Crippen LogP) is 1.37. The largest absolute Gasteiger partial charge is 0.307 e. The molecule has 0 spiro atoms. The summed E-state index contributed by atoms with van der Waals surface area (Å²) in [5.74, 6) is -0.564. The van der Waals surface area contributed by atoms with Crippen LogP contribution in [0.25, 0.3) is 0 Å². The normalized spacial score (nSPS) is 20.8. The molecular weight excluding hydrogens is 169 g/mol. The number of carbonyl (C=O) groups excluding carboxylic acids is 1. The molecule has 2 rings (SSSR count). The van der Waals surface area contributed by atoms with E-state index in [0.717, 1.165) is 13.0 Å². The Morgan fingerprint density at radius 1 is 1.46 bits per heavy atom. The first-order valence-electron chi connectivity index (χ1n) is 4.31. The summed E-state index contributed by atoms with van der Waals surface area (Å²) in [6, 6.07) is 5.93. The van der Waals surface area contributed by atoms with Gasteiger partial charge in [0, 0.05) is 0 Å². The minimum Gasteiger partial charge on any atom is -0.307 e. The highest BCUT2D eigenvalue weighted by molar-refractivity contribution is 6.00. The van der Waals surface area contributed by atoms with E-state index in [4.69, 9.17) is 0 Å². The second kappa shape index (κ2) is 3.26. The second-order valence-corrected chi connectivity index (χ2v) is 3.14. The minimum atomic E-state index is -0.429. The summed E-state index contributed by atoms with van der Waals surface area (Å²) >= 11 is 0. The molecule has 1 aromatic carbocycles. The maximum absolute atomic E-state index is 13.1. The molecule has 1 atom stereocenters. The van der Waals surface area contributed by atoms with Gasteiger partial charge in [-0.3, -0.25) is 4.79 Å². The Morgan fingerprint density at radius 3 is 2.69 bits per heavy atom. The van der Waals surface area contributed by atoms with Crippen LogP contribution >= 0.6 is 0 Å². The number of Topliss-reactive ketones (excluding diaryl/α,β-unsaturated/α-hetero) is 1. The van der Waals surface area contributed by atoms with Gasteiger partial charge in [-0.05, 0) is 25.1 Å². The Morgan fingerprint density at radius 2 is 2.15 bits per heavy atom. The van der Waals surface area contributed by atoms with E-state index >= 15 is 0 Å². The summed E-state index contributed by atoms with van der Waals surface area (Å²) in [5, 5.41) is 2.95. The highest BCUT2D eigenvalue weighted by Gasteiger charge is 2.26. The maximum atomic E-state index is 13.1. The molecule has 2 nitrogen and oxygen atoms in total. The first kappa shape index (κ1) is 8.38. The van der Waals surface area contributed by atoms with Crippen LogP contribution in [0.4, 0.5) is 4.39 Å². The molecule has 1 N–H and O–H groups in total. The van der Waals surface area contributed by atoms with Crippen LogP contribution < -0.4 is 5.32 Å². The number of hydrogen-bond donors (Lipinski definition) is 1. The number of benzene rings is 1. The summed E-state index contributed by atoms with van der Waals surface area (Å²) in [7, 11) is 0. The molecule has 1 heterocycles. The van der Waals surface area contributed by atoms with Gasteiger partial charge in [-0.2, -0.15) is 0 Å². The predicted molar refractivity (Wildman–Crippen MR) is 47.1 cm³/mol. The van der Waals surface area contributed by atoms with Crippen LogP contribution in [0.2, 0.25) is 0 Å². The zero-order valence-electron chi connectivity index (χ0n) is 7.09. The van der Waals surface area contributed by atoms with Crippen molar-refractivity contribution in [1.29, 1.82) is 0 Å². The molecule has 1 fully saturated rings. The topological polar surface area (TPSA) is 29.1 Å². The van der Waals surface area contributed by atoms with E-state index in [1.807, 2.05) is 0 Å². The van der Waals surface area contributed by atoms with Gasteiger partial charge in [-0.1, -0.05) is 12.1 Å². The smallest absolute Gasteiger partial charge is 0.182 e. The molecule has 1 aromatic rings. The molecule has 0 saturated carbocycles. The van der Waals surface area contributed by atoms with Crippen LogP contribution in [0.1, 0.15) is 16.8 Å². The lowest BCUT2D eigenvalue weighted by Gasteiger charge is -2.26. The number of carbonyl (C=O) groups is 1. The van der Waals surface area contributed by atoms with Gasteiger partial charge in [0.1, 0.15) is 5.82 Å². The van der Waals surface area contributed by atoms with Gasteiger partial charge in [0.25, 0.3) is 0 Å². The number of halogens is 1. The van der Waals surface area contributed by atoms with E-state index in [-0.39, 0.29) is 17.4 Å². The van der Waals surface area contributed by atoms with Crippen LogP contribution in [0.15, 0.2) is 24.3 Å². The van der Waals surface area contributed by atoms with Crippen molar-refractivity contribution in [2.24, 2.45) is 0 Å². The number of nitrogens with one attached hydrogen (secondary N) is 1. The lowest BCUT2D eigenvalue weighted by atomic mass is 9.96. The summed E-state index contributed by atoms with van der Waals surface area (Å²) in [5.41, 5.74) is 0.194. The Labute approximate surface area is 75.8 Å². The quantitative estimate of drug-likeness (QED) is 0.695. The molecule has 68 valence electrons. The van der Waals surface area contributed by atoms with Crippen LogP contribution in [0.5, 0.6) is 0 Å². The lowest BCUT2D eigenvalue weighted by Crippen LogP contribution is -2.48. The highest BCUT2D eigenvalue weighted by atomic mass is 19.1. The van der Waals surface area contributed by atoms with Gasteiger partial charge >= 0.3 is 0 Å². The molecule has 0 aromatic heterocycles. The molecule has 0 radical (unpaired) electrons. The fourth-order valence-electron chi connectivity index (χ4n) is 1.36. The fourth-order valence-corrected chi connectivity index (χ4v) is 1.36. The first-order chi connectivity index (χ1) is 6.29. The maximum Gasteiger partial charge on any atom is 0.182 e. The van der Waals surface area contributed by atoms with Gasteiger partial charge in [-0.15, -0.1) is 0 Å². The van der Waals surface area contributed by atoms with Crippen LogP contribution in [0, 0.1) is 5.82 Å². The van der Waals surface area contributed by atoms with Gasteiger partial charge in [-0.25, -0.2) is 4.39 Å². The molecule has 0 aliphatic carbocycles. The Bertz CT molecular complexity index is 333. The van der Waals surface area contributed by atoms with Crippen molar-refractivity contribution in [3.05, 3.63) is 35.6 Å². The van der Waals surface area contributed by atoms with E-state index in [1.54, 1.807) is 12.1 Å². The molecule has 0 amide bonds. The van der Waals surface area contributed by atoms with Gasteiger partial charge in [0.15, 0.2) is 5.78 Å². The van der Waals surface area contributed by atoms with Crippen LogP contribution in [-0.4, -0.2) is 18.4 Å². The highest BCUT2D eigenvalue weighted by Crippen LogP contribution is 2.13. The van der Waals surface area contributed by atoms with Crippen molar-refractivity contribution in [2.45, 2.75) is 12.5 Å². The molecular formula is C10H10FNO. The summed E-state index contributed by atoms with van der Waals surface area (Å²) < 4.78 is 13.1. The fraction of sp³-hybridized carbons (Fsp3) is 0.300. The summed E-state index contributed by atoms with van der Waals surface area (Å²) in [6.45, 7) is 0.852. The monoisotopic (exact) mass is 179 g/mol. The average molecular weight is 179 g/mol. The van der Waals surface area contributed by atoms with Crippen molar-refractivity contribution in [1.82, 2.24) is 5.32 Å². The van der Waals surface area contributed by atoms with E-state index < -0.39 is 5.82 Å². The third-order valence-electron chi connectivity index (χ3n) is 2.28. The lowest BCUT2D eigenvalue weighted by molar-refractivity contribution is 0.0900. The van der Waals surface area contributed by atoms with E-state index in [9.17, 15) is 9.18 Å². The molecule has 0 bridgehead atoms. The van der Waals surface area contributed by atoms with Crippen LogP contribution in [-0.2, 0) is 0 Å². The van der Waals surface area contributed by atoms with E-state index in [2.05, 4.69) is 5.32 Å². The van der Waals surface area contributed by atoms with Crippen molar-refractivity contribution in [2.75, 3.05) is 6.54 Å². The van der Waals surface area contributed by atoms with Crippen molar-refractivity contribution >= 4 is 5.78 Å². The summed E-state index contributed by atoms with van der Waals surface area (Å²) in [6.07, 6.45) is 0.813. The number of ketones is 1. The molecule has 3 heteroatoms. The Hall–Kier alpha value is -1.22. The Balaban J connectivity index is 2.24. The molecule has 13 heavy (non-hydrogen) atoms. The zero-order valence-corrected chi connectivity index (χ0v) is 7.09. The van der Waals surface area contributed by atoms with Gasteiger partial charge in [0.2, 0.25) is 0 Å². The Kier molecular flexibility index (Phi) is 2.10. The van der Waals surface area contributed by atoms with Crippen molar-refractivity contribution in [3.8, 4) is 0 Å². The van der Waals surface area contributed by atoms with Crippen molar-refractivity contribution < 1.29 is 9.18 Å².